The van der Waals surface area contributed by atoms with E-state index in [1.807, 2.05) is 0 Å². The predicted molar refractivity (Wildman–Crippen MR) is 63.5 cm³/mol. The molecule has 0 aromatic heterocycles. The molecule has 0 aromatic carbocycles. The van der Waals surface area contributed by atoms with Crippen molar-refractivity contribution in [2.75, 3.05) is 7.11 Å². The minimum atomic E-state index is -1.04. The number of carbonyl (C=O) groups excluding carboxylic acids is 2. The Morgan fingerprint density at radius 1 is 1.35 bits per heavy atom. The second kappa shape index (κ2) is 6.74. The third kappa shape index (κ3) is 4.46. The first-order valence-electron chi connectivity index (χ1n) is 6.41. The predicted octanol–water partition coefficient (Wildman–Crippen LogP) is 1.98. The van der Waals surface area contributed by atoms with Crippen molar-refractivity contribution in [3.8, 4) is 0 Å². The van der Waals surface area contributed by atoms with E-state index in [2.05, 4.69) is 4.74 Å². The number of rotatable bonds is 7. The Kier molecular flexibility index (Phi) is 5.62. The Labute approximate surface area is 102 Å². The largest absolute Gasteiger partial charge is 0.469 e. The summed E-state index contributed by atoms with van der Waals surface area (Å²) in [5.41, 5.74) is -1.04. The van der Waals surface area contributed by atoms with Crippen LogP contribution in [-0.2, 0) is 14.3 Å². The molecule has 1 saturated carbocycles. The van der Waals surface area contributed by atoms with Crippen LogP contribution in [0.1, 0.15) is 57.8 Å². The minimum Gasteiger partial charge on any atom is -0.469 e. The first-order chi connectivity index (χ1) is 8.08. The molecule has 1 aliphatic rings. The molecule has 4 nitrogen and oxygen atoms in total. The molecule has 1 atom stereocenters. The molecular formula is C13H22O4. The van der Waals surface area contributed by atoms with Crippen LogP contribution in [0.3, 0.4) is 0 Å². The number of Topliss-reactive ketones (excluding diaryl/α,β-unsaturated/α-hetero) is 1. The summed E-state index contributed by atoms with van der Waals surface area (Å²) in [6, 6.07) is 0. The van der Waals surface area contributed by atoms with Gasteiger partial charge in [-0.1, -0.05) is 19.3 Å². The maximum absolute atomic E-state index is 11.4. The zero-order valence-electron chi connectivity index (χ0n) is 10.5. The lowest BCUT2D eigenvalue weighted by Crippen LogP contribution is -2.33. The summed E-state index contributed by atoms with van der Waals surface area (Å²) in [6.07, 6.45) is 6.56. The van der Waals surface area contributed by atoms with Crippen molar-refractivity contribution in [1.29, 1.82) is 0 Å². The highest BCUT2D eigenvalue weighted by Crippen LogP contribution is 2.30. The summed E-state index contributed by atoms with van der Waals surface area (Å²) in [5.74, 6) is -0.165. The van der Waals surface area contributed by atoms with Gasteiger partial charge in [0, 0.05) is 12.8 Å². The molecule has 1 N–H and O–H groups in total. The zero-order chi connectivity index (χ0) is 12.7. The number of esters is 1. The van der Waals surface area contributed by atoms with Gasteiger partial charge in [-0.25, -0.2) is 0 Å². The van der Waals surface area contributed by atoms with E-state index >= 15 is 0 Å². The second-order valence-corrected chi connectivity index (χ2v) is 4.80. The maximum Gasteiger partial charge on any atom is 0.305 e. The molecule has 1 rings (SSSR count). The van der Waals surface area contributed by atoms with Crippen LogP contribution in [0.5, 0.6) is 0 Å². The minimum absolute atomic E-state index is 0.00654. The summed E-state index contributed by atoms with van der Waals surface area (Å²) >= 11 is 0. The Morgan fingerprint density at radius 2 is 2.06 bits per heavy atom. The van der Waals surface area contributed by atoms with Crippen molar-refractivity contribution in [2.24, 2.45) is 0 Å². The zero-order valence-corrected chi connectivity index (χ0v) is 10.5. The van der Waals surface area contributed by atoms with Gasteiger partial charge in [-0.2, -0.15) is 0 Å². The highest BCUT2D eigenvalue weighted by atomic mass is 16.5. The van der Waals surface area contributed by atoms with Crippen LogP contribution < -0.4 is 0 Å². The van der Waals surface area contributed by atoms with Crippen molar-refractivity contribution in [3.05, 3.63) is 0 Å². The van der Waals surface area contributed by atoms with Crippen molar-refractivity contribution < 1.29 is 19.4 Å². The lowest BCUT2D eigenvalue weighted by atomic mass is 9.93. The van der Waals surface area contributed by atoms with Crippen molar-refractivity contribution in [1.82, 2.24) is 0 Å². The molecule has 0 bridgehead atoms. The molecular weight excluding hydrogens is 220 g/mol. The van der Waals surface area contributed by atoms with Crippen LogP contribution in [-0.4, -0.2) is 29.6 Å². The molecule has 0 saturated heterocycles. The molecule has 0 spiro atoms. The summed E-state index contributed by atoms with van der Waals surface area (Å²) in [4.78, 5) is 22.3. The average molecular weight is 242 g/mol. The van der Waals surface area contributed by atoms with E-state index in [-0.39, 0.29) is 11.8 Å². The first-order valence-corrected chi connectivity index (χ1v) is 6.41. The fourth-order valence-electron chi connectivity index (χ4n) is 2.32. The van der Waals surface area contributed by atoms with Gasteiger partial charge in [0.15, 0.2) is 5.78 Å². The SMILES string of the molecule is COC(=O)CCCCCCC1(O)CCCC1=O. The average Bonchev–Trinajstić information content (AvgIpc) is 2.64. The van der Waals surface area contributed by atoms with Crippen LogP contribution in [0.15, 0.2) is 0 Å². The highest BCUT2D eigenvalue weighted by Gasteiger charge is 2.38. The Balaban J connectivity index is 2.04. The molecule has 1 fully saturated rings. The van der Waals surface area contributed by atoms with Gasteiger partial charge in [-0.15, -0.1) is 0 Å². The van der Waals surface area contributed by atoms with Crippen LogP contribution in [0.25, 0.3) is 0 Å². The van der Waals surface area contributed by atoms with Gasteiger partial charge in [0.1, 0.15) is 5.60 Å². The normalized spacial score (nSPS) is 24.0. The molecule has 4 heteroatoms. The van der Waals surface area contributed by atoms with Gasteiger partial charge in [0.25, 0.3) is 0 Å². The third-order valence-electron chi connectivity index (χ3n) is 3.46. The topological polar surface area (TPSA) is 63.6 Å². The van der Waals surface area contributed by atoms with Gasteiger partial charge in [0.2, 0.25) is 0 Å². The van der Waals surface area contributed by atoms with Gasteiger partial charge >= 0.3 is 5.97 Å². The quantitative estimate of drug-likeness (QED) is 0.547. The summed E-state index contributed by atoms with van der Waals surface area (Å²) in [5, 5.41) is 10.0. The van der Waals surface area contributed by atoms with E-state index < -0.39 is 5.60 Å². The van der Waals surface area contributed by atoms with Gasteiger partial charge in [-0.05, 0) is 25.7 Å². The third-order valence-corrected chi connectivity index (χ3v) is 3.46. The van der Waals surface area contributed by atoms with Crippen molar-refractivity contribution in [3.63, 3.8) is 0 Å². The molecule has 0 aliphatic heterocycles. The number of hydrogen-bond donors (Lipinski definition) is 1. The fraction of sp³-hybridized carbons (Fsp3) is 0.846. The highest BCUT2D eigenvalue weighted by molar-refractivity contribution is 5.88. The van der Waals surface area contributed by atoms with Gasteiger partial charge in [0.05, 0.1) is 7.11 Å². The monoisotopic (exact) mass is 242 g/mol. The summed E-state index contributed by atoms with van der Waals surface area (Å²) in [6.45, 7) is 0. The van der Waals surface area contributed by atoms with E-state index in [0.29, 0.717) is 25.7 Å². The first kappa shape index (κ1) is 14.2. The number of ketones is 1. The maximum atomic E-state index is 11.4. The number of unbranched alkanes of at least 4 members (excludes halogenated alkanes) is 3. The van der Waals surface area contributed by atoms with Crippen molar-refractivity contribution in [2.45, 2.75) is 63.4 Å². The molecule has 0 amide bonds. The summed E-state index contributed by atoms with van der Waals surface area (Å²) in [7, 11) is 1.39. The molecule has 0 heterocycles. The number of hydrogen-bond acceptors (Lipinski definition) is 4. The number of carbonyl (C=O) groups is 2. The summed E-state index contributed by atoms with van der Waals surface area (Å²) < 4.78 is 4.54. The van der Waals surface area contributed by atoms with Crippen LogP contribution in [0.2, 0.25) is 0 Å². The van der Waals surface area contributed by atoms with E-state index in [1.54, 1.807) is 0 Å². The van der Waals surface area contributed by atoms with Crippen LogP contribution in [0, 0.1) is 0 Å². The molecule has 98 valence electrons. The van der Waals surface area contributed by atoms with Crippen LogP contribution >= 0.6 is 0 Å². The van der Waals surface area contributed by atoms with E-state index in [4.69, 9.17) is 0 Å². The Bertz CT molecular complexity index is 275. The van der Waals surface area contributed by atoms with E-state index in [1.165, 1.54) is 7.11 Å². The number of ether oxygens (including phenoxy) is 1. The van der Waals surface area contributed by atoms with Crippen molar-refractivity contribution >= 4 is 11.8 Å². The molecule has 1 aliphatic carbocycles. The lowest BCUT2D eigenvalue weighted by molar-refractivity contribution is -0.140. The van der Waals surface area contributed by atoms with Crippen LogP contribution in [0.4, 0.5) is 0 Å². The number of methoxy groups -OCH3 is 1. The molecule has 0 radical (unpaired) electrons. The number of aliphatic hydroxyl groups is 1. The lowest BCUT2D eigenvalue weighted by Gasteiger charge is -2.19. The Morgan fingerprint density at radius 3 is 2.65 bits per heavy atom. The van der Waals surface area contributed by atoms with E-state index in [9.17, 15) is 14.7 Å². The fourth-order valence-corrected chi connectivity index (χ4v) is 2.32. The van der Waals surface area contributed by atoms with Gasteiger partial charge in [-0.3, -0.25) is 9.59 Å². The Hall–Kier alpha value is -0.900. The second-order valence-electron chi connectivity index (χ2n) is 4.80. The van der Waals surface area contributed by atoms with Gasteiger partial charge < -0.3 is 9.84 Å². The smallest absolute Gasteiger partial charge is 0.305 e. The molecule has 0 aromatic rings. The standard InChI is InChI=1S/C13H22O4/c1-17-12(15)8-4-2-3-5-9-13(16)10-6-7-11(13)14/h16H,2-10H2,1H3. The van der Waals surface area contributed by atoms with E-state index in [0.717, 1.165) is 32.1 Å². The molecule has 17 heavy (non-hydrogen) atoms. The molecule has 1 unspecified atom stereocenters.